The predicted octanol–water partition coefficient (Wildman–Crippen LogP) is 5.02. The molecule has 3 amide bonds. The van der Waals surface area contributed by atoms with Crippen LogP contribution in [0, 0.1) is 5.92 Å². The number of aliphatic hydroxyl groups excluding tert-OH is 1. The molecule has 0 saturated carbocycles. The van der Waals surface area contributed by atoms with Crippen LogP contribution in [0.4, 0.5) is 16.2 Å². The summed E-state index contributed by atoms with van der Waals surface area (Å²) in [5.74, 6) is -0.355. The fraction of sp³-hybridized carbons (Fsp3) is 0.273. The first kappa shape index (κ1) is 30.8. The van der Waals surface area contributed by atoms with Crippen molar-refractivity contribution in [1.29, 1.82) is 0 Å². The predicted molar refractivity (Wildman–Crippen MR) is 170 cm³/mol. The number of hydrogen-bond donors (Lipinski definition) is 3. The fourth-order valence-corrected chi connectivity index (χ4v) is 6.29. The van der Waals surface area contributed by atoms with Crippen molar-refractivity contribution in [1.82, 2.24) is 9.80 Å². The van der Waals surface area contributed by atoms with E-state index in [2.05, 4.69) is 10.0 Å². The lowest BCUT2D eigenvalue weighted by atomic mass is 9.99. The summed E-state index contributed by atoms with van der Waals surface area (Å²) in [6, 6.07) is 25.1. The zero-order valence-corrected chi connectivity index (χ0v) is 25.6. The van der Waals surface area contributed by atoms with Gasteiger partial charge in [0, 0.05) is 30.6 Å². The molecule has 3 N–H and O–H groups in total. The first-order chi connectivity index (χ1) is 21.1. The second-order valence-corrected chi connectivity index (χ2v) is 12.8. The van der Waals surface area contributed by atoms with Gasteiger partial charge in [0.15, 0.2) is 0 Å². The second-order valence-electron chi connectivity index (χ2n) is 11.1. The number of benzene rings is 4. The Hall–Kier alpha value is -4.61. The maximum Gasteiger partial charge on any atom is 0.321 e. The van der Waals surface area contributed by atoms with E-state index in [0.29, 0.717) is 5.69 Å². The zero-order valence-electron chi connectivity index (χ0n) is 24.8. The third-order valence-electron chi connectivity index (χ3n) is 7.80. The van der Waals surface area contributed by atoms with Crippen molar-refractivity contribution >= 4 is 44.1 Å². The molecule has 3 atom stereocenters. The highest BCUT2D eigenvalue weighted by Crippen LogP contribution is 2.32. The third kappa shape index (κ3) is 6.63. The van der Waals surface area contributed by atoms with E-state index in [-0.39, 0.29) is 53.5 Å². The number of fused-ring (bicyclic) bond motifs is 2. The monoisotopic (exact) mass is 616 g/mol. The Morgan fingerprint density at radius 3 is 2.50 bits per heavy atom. The molecule has 0 saturated heterocycles. The maximum atomic E-state index is 13.8. The minimum absolute atomic E-state index is 0.0866. The number of rotatable bonds is 8. The standard InChI is InChI=1S/C33H36N4O6S/c1-22-19-37(23(2)21-38)32(39)28-18-25(35-44(41,42)26-12-5-4-6-13-26)16-17-30(28)43-31(22)20-36(3)33(40)34-29-15-9-11-24-10-7-8-14-27(24)29/h4-18,22-23,31,35,38H,19-21H2,1-3H3,(H,34,40)/t22-,23-,31+/m0/s1. The molecule has 1 aliphatic rings. The Morgan fingerprint density at radius 2 is 1.75 bits per heavy atom. The second kappa shape index (κ2) is 12.9. The number of anilines is 2. The van der Waals surface area contributed by atoms with Gasteiger partial charge in [-0.3, -0.25) is 9.52 Å². The molecule has 230 valence electrons. The van der Waals surface area contributed by atoms with E-state index < -0.39 is 28.1 Å². The van der Waals surface area contributed by atoms with Crippen LogP contribution in [0.1, 0.15) is 24.2 Å². The zero-order chi connectivity index (χ0) is 31.4. The van der Waals surface area contributed by atoms with Crippen molar-refractivity contribution in [3.8, 4) is 5.75 Å². The van der Waals surface area contributed by atoms with Gasteiger partial charge in [-0.05, 0) is 48.7 Å². The number of nitrogens with one attached hydrogen (secondary N) is 2. The Morgan fingerprint density at radius 1 is 1.05 bits per heavy atom. The first-order valence-corrected chi connectivity index (χ1v) is 15.9. The topological polar surface area (TPSA) is 128 Å². The maximum absolute atomic E-state index is 13.8. The minimum Gasteiger partial charge on any atom is -0.487 e. The van der Waals surface area contributed by atoms with Crippen LogP contribution >= 0.6 is 0 Å². The highest BCUT2D eigenvalue weighted by atomic mass is 32.2. The number of hydrogen-bond acceptors (Lipinski definition) is 6. The smallest absolute Gasteiger partial charge is 0.321 e. The van der Waals surface area contributed by atoms with E-state index in [1.54, 1.807) is 43.1 Å². The van der Waals surface area contributed by atoms with Crippen LogP contribution in [0.3, 0.4) is 0 Å². The summed E-state index contributed by atoms with van der Waals surface area (Å²) in [5, 5.41) is 14.9. The summed E-state index contributed by atoms with van der Waals surface area (Å²) in [7, 11) is -2.22. The summed E-state index contributed by atoms with van der Waals surface area (Å²) >= 11 is 0. The molecule has 0 aromatic heterocycles. The van der Waals surface area contributed by atoms with Crippen molar-refractivity contribution in [2.75, 3.05) is 36.8 Å². The molecule has 11 heteroatoms. The van der Waals surface area contributed by atoms with Gasteiger partial charge in [-0.2, -0.15) is 0 Å². The highest BCUT2D eigenvalue weighted by Gasteiger charge is 2.34. The third-order valence-corrected chi connectivity index (χ3v) is 9.20. The average Bonchev–Trinajstić information content (AvgIpc) is 3.03. The van der Waals surface area contributed by atoms with Gasteiger partial charge in [-0.25, -0.2) is 13.2 Å². The van der Waals surface area contributed by atoms with E-state index in [1.165, 1.54) is 29.2 Å². The van der Waals surface area contributed by atoms with Gasteiger partial charge >= 0.3 is 6.03 Å². The number of sulfonamides is 1. The first-order valence-electron chi connectivity index (χ1n) is 14.4. The van der Waals surface area contributed by atoms with Gasteiger partial charge in [0.2, 0.25) is 0 Å². The highest BCUT2D eigenvalue weighted by molar-refractivity contribution is 7.92. The lowest BCUT2D eigenvalue weighted by Gasteiger charge is -2.38. The van der Waals surface area contributed by atoms with Crippen molar-refractivity contribution in [3.05, 3.63) is 96.6 Å². The molecule has 4 aromatic rings. The summed E-state index contributed by atoms with van der Waals surface area (Å²) in [5.41, 5.74) is 1.03. The van der Waals surface area contributed by atoms with Gasteiger partial charge in [0.05, 0.1) is 35.3 Å². The van der Waals surface area contributed by atoms with Gasteiger partial charge in [-0.15, -0.1) is 0 Å². The molecule has 0 aliphatic carbocycles. The van der Waals surface area contributed by atoms with Crippen molar-refractivity contribution < 1.29 is 27.9 Å². The van der Waals surface area contributed by atoms with E-state index in [0.717, 1.165) is 10.8 Å². The Bertz CT molecular complexity index is 1760. The van der Waals surface area contributed by atoms with Gasteiger partial charge in [0.1, 0.15) is 11.9 Å². The van der Waals surface area contributed by atoms with Crippen LogP contribution in [0.25, 0.3) is 10.8 Å². The van der Waals surface area contributed by atoms with Gasteiger partial charge in [-0.1, -0.05) is 61.5 Å². The van der Waals surface area contributed by atoms with Crippen LogP contribution < -0.4 is 14.8 Å². The molecule has 0 unspecified atom stereocenters. The summed E-state index contributed by atoms with van der Waals surface area (Å²) in [4.78, 5) is 30.2. The number of amides is 3. The van der Waals surface area contributed by atoms with Crippen LogP contribution in [0.2, 0.25) is 0 Å². The molecule has 5 rings (SSSR count). The molecule has 10 nitrogen and oxygen atoms in total. The minimum atomic E-state index is -3.90. The number of carbonyl (C=O) groups is 2. The normalized spacial score (nSPS) is 17.5. The van der Waals surface area contributed by atoms with Crippen LogP contribution in [0.5, 0.6) is 5.75 Å². The largest absolute Gasteiger partial charge is 0.487 e. The number of urea groups is 1. The number of likely N-dealkylation sites (N-methyl/N-ethyl adjacent to an activating group) is 1. The summed E-state index contributed by atoms with van der Waals surface area (Å²) < 4.78 is 34.8. The van der Waals surface area contributed by atoms with E-state index in [9.17, 15) is 23.1 Å². The molecule has 44 heavy (non-hydrogen) atoms. The van der Waals surface area contributed by atoms with E-state index >= 15 is 0 Å². The van der Waals surface area contributed by atoms with Crippen molar-refractivity contribution in [2.24, 2.45) is 5.92 Å². The lowest BCUT2D eigenvalue weighted by molar-refractivity contribution is 0.0371. The molecular weight excluding hydrogens is 580 g/mol. The fourth-order valence-electron chi connectivity index (χ4n) is 5.22. The Labute approximate surface area is 257 Å². The molecule has 0 fully saturated rings. The van der Waals surface area contributed by atoms with Gasteiger partial charge in [0.25, 0.3) is 15.9 Å². The van der Waals surface area contributed by atoms with Crippen molar-refractivity contribution in [2.45, 2.75) is 30.9 Å². The van der Waals surface area contributed by atoms with Crippen LogP contribution in [-0.2, 0) is 10.0 Å². The lowest BCUT2D eigenvalue weighted by Crippen LogP contribution is -2.50. The summed E-state index contributed by atoms with van der Waals surface area (Å²) in [6.07, 6.45) is -0.523. The van der Waals surface area contributed by atoms with E-state index in [1.807, 2.05) is 49.4 Å². The number of aliphatic hydroxyl groups is 1. The van der Waals surface area contributed by atoms with Crippen LogP contribution in [0.15, 0.2) is 95.9 Å². The summed E-state index contributed by atoms with van der Waals surface area (Å²) in [6.45, 7) is 3.87. The Balaban J connectivity index is 1.40. The quantitative estimate of drug-likeness (QED) is 0.255. The number of nitrogens with zero attached hydrogens (tertiary/aromatic N) is 2. The van der Waals surface area contributed by atoms with Crippen LogP contribution in [-0.4, -0.2) is 74.2 Å². The van der Waals surface area contributed by atoms with Crippen molar-refractivity contribution in [3.63, 3.8) is 0 Å². The van der Waals surface area contributed by atoms with Gasteiger partial charge < -0.3 is 25.0 Å². The Kier molecular flexibility index (Phi) is 9.07. The number of carbonyl (C=O) groups excluding carboxylic acids is 2. The SMILES string of the molecule is C[C@H]1CN([C@@H](C)CO)C(=O)c2cc(NS(=O)(=O)c3ccccc3)ccc2O[C@@H]1CN(C)C(=O)Nc1cccc2ccccc12. The molecule has 1 heterocycles. The molecule has 0 spiro atoms. The molecule has 4 aromatic carbocycles. The molecule has 0 radical (unpaired) electrons. The van der Waals surface area contributed by atoms with E-state index in [4.69, 9.17) is 4.74 Å². The molecule has 1 aliphatic heterocycles. The average molecular weight is 617 g/mol. The molecular formula is C33H36N4O6S. The molecule has 0 bridgehead atoms. The number of ether oxygens (including phenoxy) is 1.